The molecule has 2 heterocycles. The summed E-state index contributed by atoms with van der Waals surface area (Å²) in [5.74, 6) is -2.53. The zero-order valence-corrected chi connectivity index (χ0v) is 15.3. The number of carbonyl (C=O) groups excluding carboxylic acids is 4. The molecule has 0 unspecified atom stereocenters. The molecule has 27 heavy (non-hydrogen) atoms. The van der Waals surface area contributed by atoms with Gasteiger partial charge in [-0.2, -0.15) is 0 Å². The third-order valence-corrected chi connectivity index (χ3v) is 4.89. The molecule has 1 fully saturated rings. The van der Waals surface area contributed by atoms with E-state index in [1.54, 1.807) is 6.07 Å². The van der Waals surface area contributed by atoms with Crippen LogP contribution in [0.25, 0.3) is 0 Å². The van der Waals surface area contributed by atoms with Crippen LogP contribution in [-0.4, -0.2) is 34.6 Å². The molecule has 1 aliphatic heterocycles. The van der Waals surface area contributed by atoms with Gasteiger partial charge in [-0.3, -0.25) is 34.9 Å². The van der Waals surface area contributed by atoms with Gasteiger partial charge in [-0.25, -0.2) is 0 Å². The number of likely N-dealkylation sites (tertiary alicyclic amines) is 1. The molecule has 0 saturated carbocycles. The molecule has 0 bridgehead atoms. The fourth-order valence-corrected chi connectivity index (χ4v) is 3.58. The van der Waals surface area contributed by atoms with E-state index in [4.69, 9.17) is 4.42 Å². The molecule has 1 aliphatic carbocycles. The average Bonchev–Trinajstić information content (AvgIpc) is 3.26. The second kappa shape index (κ2) is 7.77. The summed E-state index contributed by atoms with van der Waals surface area (Å²) >= 11 is 0. The van der Waals surface area contributed by atoms with Gasteiger partial charge in [-0.05, 0) is 37.3 Å². The van der Waals surface area contributed by atoms with Crippen LogP contribution in [0.5, 0.6) is 0 Å². The molecule has 0 aromatic carbocycles. The highest BCUT2D eigenvalue weighted by atomic mass is 16.3. The number of furan rings is 1. The van der Waals surface area contributed by atoms with Crippen LogP contribution < -0.4 is 10.9 Å². The zero-order valence-electron chi connectivity index (χ0n) is 15.3. The van der Waals surface area contributed by atoms with Crippen LogP contribution in [0.4, 0.5) is 0 Å². The standard InChI is InChI=1S/C19H23N3O5/c1-11(2)10-14(16(23)20-21-17(24)15-8-5-9-27-15)22-18(25)12-6-3-4-7-13(12)19(22)26/h3-5,8-9,11-14H,6-7,10H2,1-2H3,(H,20,23)(H,21,24)/t12-,13-,14-/m0/s1. The van der Waals surface area contributed by atoms with Crippen molar-refractivity contribution >= 4 is 23.6 Å². The first-order chi connectivity index (χ1) is 12.9. The van der Waals surface area contributed by atoms with E-state index in [0.717, 1.165) is 4.90 Å². The highest BCUT2D eigenvalue weighted by molar-refractivity contribution is 6.08. The number of rotatable bonds is 5. The number of imide groups is 1. The molecule has 2 N–H and O–H groups in total. The summed E-state index contributed by atoms with van der Waals surface area (Å²) < 4.78 is 4.96. The monoisotopic (exact) mass is 373 g/mol. The van der Waals surface area contributed by atoms with Gasteiger partial charge in [0.15, 0.2) is 5.76 Å². The Bertz CT molecular complexity index is 742. The predicted molar refractivity (Wildman–Crippen MR) is 94.8 cm³/mol. The molecule has 1 aromatic heterocycles. The molecule has 3 rings (SSSR count). The Morgan fingerprint density at radius 2 is 1.78 bits per heavy atom. The second-order valence-electron chi connectivity index (χ2n) is 7.27. The van der Waals surface area contributed by atoms with Crippen molar-refractivity contribution in [3.05, 3.63) is 36.3 Å². The number of amides is 4. The topological polar surface area (TPSA) is 109 Å². The maximum absolute atomic E-state index is 12.8. The number of hydrazine groups is 1. The fourth-order valence-electron chi connectivity index (χ4n) is 3.58. The van der Waals surface area contributed by atoms with Gasteiger partial charge in [0.05, 0.1) is 18.1 Å². The van der Waals surface area contributed by atoms with Crippen LogP contribution in [0.2, 0.25) is 0 Å². The Labute approximate surface area is 156 Å². The normalized spacial score (nSPS) is 22.7. The summed E-state index contributed by atoms with van der Waals surface area (Å²) in [4.78, 5) is 51.3. The maximum Gasteiger partial charge on any atom is 0.305 e. The molecule has 8 heteroatoms. The number of nitrogens with zero attached hydrogens (tertiary/aromatic N) is 1. The summed E-state index contributed by atoms with van der Waals surface area (Å²) in [6.45, 7) is 3.81. The van der Waals surface area contributed by atoms with Crippen molar-refractivity contribution in [2.45, 2.75) is 39.2 Å². The average molecular weight is 373 g/mol. The quantitative estimate of drug-likeness (QED) is 0.461. The van der Waals surface area contributed by atoms with Gasteiger partial charge in [0.1, 0.15) is 6.04 Å². The fraction of sp³-hybridized carbons (Fsp3) is 0.474. The summed E-state index contributed by atoms with van der Waals surface area (Å²) in [7, 11) is 0. The molecule has 3 atom stereocenters. The van der Waals surface area contributed by atoms with Crippen molar-refractivity contribution < 1.29 is 23.6 Å². The van der Waals surface area contributed by atoms with Gasteiger partial charge in [-0.15, -0.1) is 0 Å². The predicted octanol–water partition coefficient (Wildman–Crippen LogP) is 1.41. The first kappa shape index (κ1) is 18.9. The summed E-state index contributed by atoms with van der Waals surface area (Å²) in [5, 5.41) is 0. The minimum Gasteiger partial charge on any atom is -0.459 e. The van der Waals surface area contributed by atoms with E-state index in [2.05, 4.69) is 10.9 Å². The second-order valence-corrected chi connectivity index (χ2v) is 7.27. The Kier molecular flexibility index (Phi) is 5.43. The van der Waals surface area contributed by atoms with E-state index in [1.165, 1.54) is 12.3 Å². The van der Waals surface area contributed by atoms with E-state index >= 15 is 0 Å². The number of hydrogen-bond donors (Lipinski definition) is 2. The molecule has 4 amide bonds. The largest absolute Gasteiger partial charge is 0.459 e. The number of carbonyl (C=O) groups is 4. The van der Waals surface area contributed by atoms with Gasteiger partial charge in [-0.1, -0.05) is 26.0 Å². The van der Waals surface area contributed by atoms with Crippen LogP contribution in [0.15, 0.2) is 35.0 Å². The number of fused-ring (bicyclic) bond motifs is 1. The van der Waals surface area contributed by atoms with Crippen molar-refractivity contribution in [1.29, 1.82) is 0 Å². The molecular weight excluding hydrogens is 350 g/mol. The van der Waals surface area contributed by atoms with Crippen LogP contribution >= 0.6 is 0 Å². The molecule has 0 radical (unpaired) electrons. The molecular formula is C19H23N3O5. The molecule has 8 nitrogen and oxygen atoms in total. The first-order valence-electron chi connectivity index (χ1n) is 9.05. The van der Waals surface area contributed by atoms with E-state index in [-0.39, 0.29) is 23.5 Å². The summed E-state index contributed by atoms with van der Waals surface area (Å²) in [5.41, 5.74) is 4.58. The van der Waals surface area contributed by atoms with Crippen LogP contribution in [0, 0.1) is 17.8 Å². The van der Waals surface area contributed by atoms with E-state index in [0.29, 0.717) is 19.3 Å². The number of hydrogen-bond acceptors (Lipinski definition) is 5. The lowest BCUT2D eigenvalue weighted by Gasteiger charge is -2.27. The summed E-state index contributed by atoms with van der Waals surface area (Å²) in [6.07, 6.45) is 6.48. The third kappa shape index (κ3) is 3.79. The molecule has 1 saturated heterocycles. The Balaban J connectivity index is 1.73. The number of allylic oxidation sites excluding steroid dienone is 2. The highest BCUT2D eigenvalue weighted by Crippen LogP contribution is 2.37. The maximum atomic E-state index is 12.8. The zero-order chi connectivity index (χ0) is 19.6. The van der Waals surface area contributed by atoms with Gasteiger partial charge in [0, 0.05) is 0 Å². The Hall–Kier alpha value is -2.90. The van der Waals surface area contributed by atoms with Crippen molar-refractivity contribution in [1.82, 2.24) is 15.8 Å². The van der Waals surface area contributed by atoms with Gasteiger partial charge >= 0.3 is 5.91 Å². The number of nitrogens with one attached hydrogen (secondary N) is 2. The smallest absolute Gasteiger partial charge is 0.305 e. The molecule has 1 aromatic rings. The van der Waals surface area contributed by atoms with Crippen molar-refractivity contribution in [3.63, 3.8) is 0 Å². The van der Waals surface area contributed by atoms with E-state index in [9.17, 15) is 19.2 Å². The van der Waals surface area contributed by atoms with Gasteiger partial charge < -0.3 is 4.42 Å². The van der Waals surface area contributed by atoms with E-state index < -0.39 is 29.7 Å². The lowest BCUT2D eigenvalue weighted by atomic mass is 9.85. The Morgan fingerprint density at radius 3 is 2.30 bits per heavy atom. The minimum atomic E-state index is -0.965. The van der Waals surface area contributed by atoms with Crippen molar-refractivity contribution in [2.75, 3.05) is 0 Å². The summed E-state index contributed by atoms with van der Waals surface area (Å²) in [6, 6.07) is 2.04. The minimum absolute atomic E-state index is 0.0427. The molecule has 2 aliphatic rings. The third-order valence-electron chi connectivity index (χ3n) is 4.89. The lowest BCUT2D eigenvalue weighted by molar-refractivity contribution is -0.148. The van der Waals surface area contributed by atoms with Crippen LogP contribution in [0.1, 0.15) is 43.7 Å². The SMILES string of the molecule is CC(C)C[C@@H](C(=O)NNC(=O)c1ccco1)N1C(=O)[C@H]2CC=CC[C@@H]2C1=O. The van der Waals surface area contributed by atoms with Crippen LogP contribution in [-0.2, 0) is 14.4 Å². The van der Waals surface area contributed by atoms with Crippen molar-refractivity contribution in [2.24, 2.45) is 17.8 Å². The lowest BCUT2D eigenvalue weighted by Crippen LogP contribution is -2.54. The van der Waals surface area contributed by atoms with Crippen molar-refractivity contribution in [3.8, 4) is 0 Å². The molecule has 144 valence electrons. The van der Waals surface area contributed by atoms with E-state index in [1.807, 2.05) is 26.0 Å². The van der Waals surface area contributed by atoms with Crippen LogP contribution in [0.3, 0.4) is 0 Å². The first-order valence-corrected chi connectivity index (χ1v) is 9.05. The van der Waals surface area contributed by atoms with Gasteiger partial charge in [0.2, 0.25) is 11.8 Å². The Morgan fingerprint density at radius 1 is 1.15 bits per heavy atom. The molecule has 0 spiro atoms. The van der Waals surface area contributed by atoms with Gasteiger partial charge in [0.25, 0.3) is 5.91 Å². The highest BCUT2D eigenvalue weighted by Gasteiger charge is 2.51.